The Labute approximate surface area is 96.4 Å². The Bertz CT molecular complexity index is 516. The minimum atomic E-state index is -4.43. The van der Waals surface area contributed by atoms with Crippen molar-refractivity contribution in [3.8, 4) is 0 Å². The number of benzene rings is 1. The molecule has 0 aliphatic heterocycles. The van der Waals surface area contributed by atoms with Crippen LogP contribution in [0.3, 0.4) is 0 Å². The zero-order valence-corrected chi connectivity index (χ0v) is 9.27. The third-order valence-electron chi connectivity index (χ3n) is 2.58. The molecule has 0 atom stereocenters. The maximum absolute atomic E-state index is 12.5. The van der Waals surface area contributed by atoms with Crippen LogP contribution in [0.1, 0.15) is 11.3 Å². The lowest BCUT2D eigenvalue weighted by molar-refractivity contribution is -0.152. The molecule has 0 fully saturated rings. The van der Waals surface area contributed by atoms with Gasteiger partial charge >= 0.3 is 6.18 Å². The lowest BCUT2D eigenvalue weighted by Crippen LogP contribution is -2.10. The van der Waals surface area contributed by atoms with E-state index in [1.807, 2.05) is 6.07 Å². The first-order chi connectivity index (χ1) is 8.02. The highest BCUT2D eigenvalue weighted by molar-refractivity contribution is 5.81. The summed E-state index contributed by atoms with van der Waals surface area (Å²) in [5, 5.41) is 3.50. The molecule has 0 amide bonds. The Hall–Kier alpha value is -1.49. The number of alkyl halides is 3. The van der Waals surface area contributed by atoms with Gasteiger partial charge in [0.05, 0.1) is 0 Å². The van der Waals surface area contributed by atoms with E-state index in [0.717, 1.165) is 11.6 Å². The molecule has 2 rings (SSSR count). The molecule has 1 N–H and O–H groups in total. The Morgan fingerprint density at radius 2 is 2.06 bits per heavy atom. The number of rotatable bonds is 3. The van der Waals surface area contributed by atoms with Crippen LogP contribution in [0.15, 0.2) is 28.7 Å². The first kappa shape index (κ1) is 12.0. The molecule has 1 heterocycles. The zero-order chi connectivity index (χ0) is 12.5. The van der Waals surface area contributed by atoms with Crippen molar-refractivity contribution >= 4 is 11.0 Å². The first-order valence-corrected chi connectivity index (χ1v) is 5.25. The van der Waals surface area contributed by atoms with E-state index >= 15 is 0 Å². The van der Waals surface area contributed by atoms with Gasteiger partial charge in [0.1, 0.15) is 5.58 Å². The average molecular weight is 243 g/mol. The van der Waals surface area contributed by atoms with Gasteiger partial charge in [-0.2, -0.15) is 13.2 Å². The SMILES string of the molecule is CNCCc1cccc2oc(C(F)(F)F)cc12. The quantitative estimate of drug-likeness (QED) is 0.895. The molecule has 1 aromatic carbocycles. The molecule has 0 bridgehead atoms. The number of hydrogen-bond acceptors (Lipinski definition) is 2. The van der Waals surface area contributed by atoms with Gasteiger partial charge in [-0.25, -0.2) is 0 Å². The summed E-state index contributed by atoms with van der Waals surface area (Å²) in [5.74, 6) is -0.940. The molecule has 5 heteroatoms. The van der Waals surface area contributed by atoms with Crippen molar-refractivity contribution in [2.45, 2.75) is 12.6 Å². The highest BCUT2D eigenvalue weighted by atomic mass is 19.4. The number of furan rings is 1. The minimum absolute atomic E-state index is 0.283. The summed E-state index contributed by atoms with van der Waals surface area (Å²) in [6, 6.07) is 6.14. The van der Waals surface area contributed by atoms with Crippen LogP contribution >= 0.6 is 0 Å². The Morgan fingerprint density at radius 3 is 2.71 bits per heavy atom. The summed E-state index contributed by atoms with van der Waals surface area (Å²) in [7, 11) is 1.80. The van der Waals surface area contributed by atoms with Crippen molar-refractivity contribution < 1.29 is 17.6 Å². The minimum Gasteiger partial charge on any atom is -0.451 e. The van der Waals surface area contributed by atoms with Crippen LogP contribution in [0.2, 0.25) is 0 Å². The normalized spacial score (nSPS) is 12.2. The molecular formula is C12H12F3NO. The van der Waals surface area contributed by atoms with Crippen molar-refractivity contribution in [3.63, 3.8) is 0 Å². The molecule has 2 nitrogen and oxygen atoms in total. The number of hydrogen-bond donors (Lipinski definition) is 1. The first-order valence-electron chi connectivity index (χ1n) is 5.25. The van der Waals surface area contributed by atoms with E-state index in [9.17, 15) is 13.2 Å². The fourth-order valence-electron chi connectivity index (χ4n) is 1.74. The molecule has 0 spiro atoms. The van der Waals surface area contributed by atoms with Gasteiger partial charge in [0, 0.05) is 5.39 Å². The Morgan fingerprint density at radius 1 is 1.29 bits per heavy atom. The third kappa shape index (κ3) is 2.44. The van der Waals surface area contributed by atoms with E-state index < -0.39 is 11.9 Å². The summed E-state index contributed by atoms with van der Waals surface area (Å²) in [5.41, 5.74) is 1.14. The lowest BCUT2D eigenvalue weighted by Gasteiger charge is -2.01. The molecule has 0 aliphatic carbocycles. The van der Waals surface area contributed by atoms with Gasteiger partial charge in [0.25, 0.3) is 0 Å². The number of fused-ring (bicyclic) bond motifs is 1. The third-order valence-corrected chi connectivity index (χ3v) is 2.58. The van der Waals surface area contributed by atoms with Crippen LogP contribution in [-0.2, 0) is 12.6 Å². The molecule has 0 saturated heterocycles. The van der Waals surface area contributed by atoms with Crippen LogP contribution in [0.5, 0.6) is 0 Å². The zero-order valence-electron chi connectivity index (χ0n) is 9.27. The summed E-state index contributed by atoms with van der Waals surface area (Å²) < 4.78 is 42.3. The van der Waals surface area contributed by atoms with Crippen LogP contribution < -0.4 is 5.32 Å². The molecule has 17 heavy (non-hydrogen) atoms. The van der Waals surface area contributed by atoms with Crippen LogP contribution in [-0.4, -0.2) is 13.6 Å². The molecule has 92 valence electrons. The van der Waals surface area contributed by atoms with Crippen molar-refractivity contribution in [1.82, 2.24) is 5.32 Å². The van der Waals surface area contributed by atoms with Crippen molar-refractivity contribution in [1.29, 1.82) is 0 Å². The topological polar surface area (TPSA) is 25.2 Å². The van der Waals surface area contributed by atoms with E-state index in [1.165, 1.54) is 0 Å². The van der Waals surface area contributed by atoms with E-state index in [4.69, 9.17) is 4.42 Å². The summed E-state index contributed by atoms with van der Waals surface area (Å²) >= 11 is 0. The standard InChI is InChI=1S/C12H12F3NO/c1-16-6-5-8-3-2-4-10-9(8)7-11(17-10)12(13,14)15/h2-4,7,16H,5-6H2,1H3. The maximum Gasteiger partial charge on any atom is 0.449 e. The van der Waals surface area contributed by atoms with Gasteiger partial charge in [-0.15, -0.1) is 0 Å². The average Bonchev–Trinajstić information content (AvgIpc) is 2.70. The smallest absolute Gasteiger partial charge is 0.449 e. The fraction of sp³-hybridized carbons (Fsp3) is 0.333. The van der Waals surface area contributed by atoms with Gasteiger partial charge in [-0.1, -0.05) is 12.1 Å². The van der Waals surface area contributed by atoms with E-state index in [-0.39, 0.29) is 5.58 Å². The van der Waals surface area contributed by atoms with Gasteiger partial charge in [0.2, 0.25) is 5.76 Å². The molecule has 2 aromatic rings. The highest BCUT2D eigenvalue weighted by Crippen LogP contribution is 2.34. The second-order valence-corrected chi connectivity index (χ2v) is 3.79. The monoisotopic (exact) mass is 243 g/mol. The largest absolute Gasteiger partial charge is 0.451 e. The second kappa shape index (κ2) is 4.41. The van der Waals surface area contributed by atoms with Crippen molar-refractivity contribution in [2.24, 2.45) is 0 Å². The summed E-state index contributed by atoms with van der Waals surface area (Å²) in [4.78, 5) is 0. The van der Waals surface area contributed by atoms with Gasteiger partial charge in [-0.3, -0.25) is 0 Å². The van der Waals surface area contributed by atoms with Gasteiger partial charge in [0.15, 0.2) is 0 Å². The van der Waals surface area contributed by atoms with Gasteiger partial charge < -0.3 is 9.73 Å². The summed E-state index contributed by atoms with van der Waals surface area (Å²) in [6.07, 6.45) is -3.76. The molecule has 0 radical (unpaired) electrons. The van der Waals surface area contributed by atoms with Gasteiger partial charge in [-0.05, 0) is 37.7 Å². The summed E-state index contributed by atoms with van der Waals surface area (Å²) in [6.45, 7) is 0.714. The van der Waals surface area contributed by atoms with E-state index in [1.54, 1.807) is 19.2 Å². The maximum atomic E-state index is 12.5. The van der Waals surface area contributed by atoms with Crippen molar-refractivity contribution in [2.75, 3.05) is 13.6 Å². The second-order valence-electron chi connectivity index (χ2n) is 3.79. The van der Waals surface area contributed by atoms with Crippen LogP contribution in [0.25, 0.3) is 11.0 Å². The van der Waals surface area contributed by atoms with Crippen molar-refractivity contribution in [3.05, 3.63) is 35.6 Å². The number of halogens is 3. The van der Waals surface area contributed by atoms with E-state index in [0.29, 0.717) is 18.4 Å². The number of likely N-dealkylation sites (N-methyl/N-ethyl adjacent to an activating group) is 1. The Kier molecular flexibility index (Phi) is 3.11. The molecule has 1 aromatic heterocycles. The Balaban J connectivity index is 2.45. The molecular weight excluding hydrogens is 231 g/mol. The lowest BCUT2D eigenvalue weighted by atomic mass is 10.1. The van der Waals surface area contributed by atoms with E-state index in [2.05, 4.69) is 5.32 Å². The predicted octanol–water partition coefficient (Wildman–Crippen LogP) is 3.21. The van der Waals surface area contributed by atoms with Crippen LogP contribution in [0, 0.1) is 0 Å². The predicted molar refractivity (Wildman–Crippen MR) is 58.8 cm³/mol. The van der Waals surface area contributed by atoms with Crippen LogP contribution in [0.4, 0.5) is 13.2 Å². The highest BCUT2D eigenvalue weighted by Gasteiger charge is 2.35. The molecule has 0 unspecified atom stereocenters. The number of nitrogens with one attached hydrogen (secondary N) is 1. The molecule has 0 aliphatic rings. The fourth-order valence-corrected chi connectivity index (χ4v) is 1.74. The molecule has 0 saturated carbocycles.